The number of nitrogens with zero attached hydrogens (tertiary/aromatic N) is 2. The summed E-state index contributed by atoms with van der Waals surface area (Å²) in [6.45, 7) is 4.67. The summed E-state index contributed by atoms with van der Waals surface area (Å²) in [5.74, 6) is 0.708. The van der Waals surface area contributed by atoms with Gasteiger partial charge in [0.25, 0.3) is 0 Å². The molecule has 1 unspecified atom stereocenters. The molecule has 3 nitrogen and oxygen atoms in total. The van der Waals surface area contributed by atoms with Crippen LogP contribution in [0.2, 0.25) is 5.02 Å². The van der Waals surface area contributed by atoms with Gasteiger partial charge in [-0.1, -0.05) is 18.5 Å². The van der Waals surface area contributed by atoms with E-state index in [4.69, 9.17) is 11.6 Å². The standard InChI is InChI=1S/C12H15ClN2O/c1-3-6-15-11-7-9(13)4-5-10(11)14-12(15)8(2)16/h4-5,7-8,16H,3,6H2,1-2H3. The number of imidazole rings is 1. The van der Waals surface area contributed by atoms with E-state index in [-0.39, 0.29) is 0 Å². The highest BCUT2D eigenvalue weighted by Gasteiger charge is 2.14. The number of aromatic nitrogens is 2. The molecule has 0 aliphatic heterocycles. The van der Waals surface area contributed by atoms with Crippen LogP contribution in [0, 0.1) is 0 Å². The highest BCUT2D eigenvalue weighted by Crippen LogP contribution is 2.24. The van der Waals surface area contributed by atoms with E-state index in [1.165, 1.54) is 0 Å². The van der Waals surface area contributed by atoms with Crippen LogP contribution in [0.3, 0.4) is 0 Å². The van der Waals surface area contributed by atoms with Crippen molar-refractivity contribution in [1.29, 1.82) is 0 Å². The van der Waals surface area contributed by atoms with E-state index in [9.17, 15) is 5.11 Å². The minimum absolute atomic E-state index is 0.558. The third kappa shape index (κ3) is 1.93. The summed E-state index contributed by atoms with van der Waals surface area (Å²) in [6.07, 6.45) is 0.440. The van der Waals surface area contributed by atoms with Gasteiger partial charge in [0, 0.05) is 11.6 Å². The van der Waals surface area contributed by atoms with E-state index in [1.54, 1.807) is 6.92 Å². The third-order valence-electron chi connectivity index (χ3n) is 2.56. The molecule has 0 saturated heterocycles. The summed E-state index contributed by atoms with van der Waals surface area (Å²) in [7, 11) is 0. The highest BCUT2D eigenvalue weighted by atomic mass is 35.5. The molecule has 1 N–H and O–H groups in total. The van der Waals surface area contributed by atoms with E-state index in [2.05, 4.69) is 11.9 Å². The Bertz CT molecular complexity index is 505. The van der Waals surface area contributed by atoms with E-state index in [0.717, 1.165) is 24.0 Å². The number of hydrogen-bond donors (Lipinski definition) is 1. The molecule has 0 fully saturated rings. The number of halogens is 1. The zero-order chi connectivity index (χ0) is 11.7. The van der Waals surface area contributed by atoms with Crippen LogP contribution in [0.25, 0.3) is 11.0 Å². The lowest BCUT2D eigenvalue weighted by Crippen LogP contribution is -2.06. The molecule has 0 bridgehead atoms. The zero-order valence-corrected chi connectivity index (χ0v) is 10.2. The SMILES string of the molecule is CCCn1c(C(C)O)nc2ccc(Cl)cc21. The molecule has 0 saturated carbocycles. The number of benzene rings is 1. The van der Waals surface area contributed by atoms with Gasteiger partial charge in [-0.2, -0.15) is 0 Å². The monoisotopic (exact) mass is 238 g/mol. The second kappa shape index (κ2) is 4.44. The average Bonchev–Trinajstić information content (AvgIpc) is 2.58. The quantitative estimate of drug-likeness (QED) is 0.892. The molecule has 1 aromatic heterocycles. The van der Waals surface area contributed by atoms with Crippen molar-refractivity contribution in [3.63, 3.8) is 0 Å². The molecule has 4 heteroatoms. The molecule has 0 radical (unpaired) electrons. The van der Waals surface area contributed by atoms with Crippen LogP contribution in [-0.4, -0.2) is 14.7 Å². The first-order chi connectivity index (χ1) is 7.63. The van der Waals surface area contributed by atoms with Crippen LogP contribution in [0.1, 0.15) is 32.2 Å². The normalized spacial score (nSPS) is 13.2. The van der Waals surface area contributed by atoms with Gasteiger partial charge < -0.3 is 9.67 Å². The predicted molar refractivity (Wildman–Crippen MR) is 65.7 cm³/mol. The second-order valence-corrected chi connectivity index (χ2v) is 4.37. The Hall–Kier alpha value is -1.06. The van der Waals surface area contributed by atoms with E-state index in [0.29, 0.717) is 10.8 Å². The van der Waals surface area contributed by atoms with Crippen molar-refractivity contribution >= 4 is 22.6 Å². The van der Waals surface area contributed by atoms with Crippen molar-refractivity contribution in [3.05, 3.63) is 29.0 Å². The molecule has 2 rings (SSSR count). The van der Waals surface area contributed by atoms with Gasteiger partial charge >= 0.3 is 0 Å². The molecule has 0 aliphatic carbocycles. The molecular weight excluding hydrogens is 224 g/mol. The van der Waals surface area contributed by atoms with Crippen LogP contribution in [0.5, 0.6) is 0 Å². The number of aliphatic hydroxyl groups excluding tert-OH is 1. The van der Waals surface area contributed by atoms with Crippen LogP contribution in [-0.2, 0) is 6.54 Å². The smallest absolute Gasteiger partial charge is 0.138 e. The number of aryl methyl sites for hydroxylation is 1. The Morgan fingerprint density at radius 3 is 2.88 bits per heavy atom. The number of aliphatic hydroxyl groups is 1. The molecule has 1 aromatic carbocycles. The fourth-order valence-corrected chi connectivity index (χ4v) is 2.06. The van der Waals surface area contributed by atoms with Gasteiger partial charge in [0.2, 0.25) is 0 Å². The van der Waals surface area contributed by atoms with Gasteiger partial charge in [0.05, 0.1) is 11.0 Å². The summed E-state index contributed by atoms with van der Waals surface area (Å²) in [4.78, 5) is 4.43. The number of hydrogen-bond acceptors (Lipinski definition) is 2. The first-order valence-electron chi connectivity index (χ1n) is 5.47. The Morgan fingerprint density at radius 2 is 2.25 bits per heavy atom. The average molecular weight is 239 g/mol. The van der Waals surface area contributed by atoms with Gasteiger partial charge in [-0.3, -0.25) is 0 Å². The van der Waals surface area contributed by atoms with Crippen molar-refractivity contribution in [2.75, 3.05) is 0 Å². The highest BCUT2D eigenvalue weighted by molar-refractivity contribution is 6.31. The van der Waals surface area contributed by atoms with Crippen LogP contribution >= 0.6 is 11.6 Å². The van der Waals surface area contributed by atoms with E-state index in [1.807, 2.05) is 22.8 Å². The minimum atomic E-state index is -0.558. The first-order valence-corrected chi connectivity index (χ1v) is 5.85. The maximum atomic E-state index is 9.69. The van der Waals surface area contributed by atoms with Crippen molar-refractivity contribution in [1.82, 2.24) is 9.55 Å². The second-order valence-electron chi connectivity index (χ2n) is 3.93. The van der Waals surface area contributed by atoms with Crippen molar-refractivity contribution in [2.45, 2.75) is 32.9 Å². The predicted octanol–water partition coefficient (Wildman–Crippen LogP) is 3.15. The van der Waals surface area contributed by atoms with E-state index < -0.39 is 6.10 Å². The first kappa shape index (κ1) is 11.4. The fourth-order valence-electron chi connectivity index (χ4n) is 1.89. The zero-order valence-electron chi connectivity index (χ0n) is 9.44. The lowest BCUT2D eigenvalue weighted by atomic mass is 10.3. The lowest BCUT2D eigenvalue weighted by molar-refractivity contribution is 0.184. The largest absolute Gasteiger partial charge is 0.385 e. The maximum Gasteiger partial charge on any atom is 0.138 e. The maximum absolute atomic E-state index is 9.69. The summed E-state index contributed by atoms with van der Waals surface area (Å²) < 4.78 is 2.03. The Balaban J connectivity index is 2.67. The number of rotatable bonds is 3. The molecule has 1 atom stereocenters. The van der Waals surface area contributed by atoms with Crippen molar-refractivity contribution in [3.8, 4) is 0 Å². The fraction of sp³-hybridized carbons (Fsp3) is 0.417. The van der Waals surface area contributed by atoms with Crippen LogP contribution in [0.15, 0.2) is 18.2 Å². The molecule has 16 heavy (non-hydrogen) atoms. The van der Waals surface area contributed by atoms with Crippen LogP contribution < -0.4 is 0 Å². The summed E-state index contributed by atoms with van der Waals surface area (Å²) in [5.41, 5.74) is 1.87. The third-order valence-corrected chi connectivity index (χ3v) is 2.80. The molecular formula is C12H15ClN2O. The van der Waals surface area contributed by atoms with Gasteiger partial charge in [0.1, 0.15) is 11.9 Å². The van der Waals surface area contributed by atoms with Crippen molar-refractivity contribution < 1.29 is 5.11 Å². The molecule has 86 valence electrons. The summed E-state index contributed by atoms with van der Waals surface area (Å²) >= 11 is 5.98. The van der Waals surface area contributed by atoms with E-state index >= 15 is 0 Å². The Morgan fingerprint density at radius 1 is 1.50 bits per heavy atom. The van der Waals surface area contributed by atoms with Crippen molar-refractivity contribution in [2.24, 2.45) is 0 Å². The molecule has 2 aromatic rings. The van der Waals surface area contributed by atoms with Gasteiger partial charge in [-0.15, -0.1) is 0 Å². The lowest BCUT2D eigenvalue weighted by Gasteiger charge is -2.09. The minimum Gasteiger partial charge on any atom is -0.385 e. The van der Waals surface area contributed by atoms with Gasteiger partial charge in [-0.25, -0.2) is 4.98 Å². The van der Waals surface area contributed by atoms with Gasteiger partial charge in [-0.05, 0) is 31.5 Å². The Labute approximate surface area is 99.7 Å². The topological polar surface area (TPSA) is 38.0 Å². The van der Waals surface area contributed by atoms with Crippen LogP contribution in [0.4, 0.5) is 0 Å². The molecule has 1 heterocycles. The molecule has 0 spiro atoms. The van der Waals surface area contributed by atoms with Gasteiger partial charge in [0.15, 0.2) is 0 Å². The summed E-state index contributed by atoms with van der Waals surface area (Å²) in [6, 6.07) is 5.60. The molecule has 0 aliphatic rings. The summed E-state index contributed by atoms with van der Waals surface area (Å²) in [5, 5.41) is 10.4. The Kier molecular flexibility index (Phi) is 3.17. The molecule has 0 amide bonds. The number of fused-ring (bicyclic) bond motifs is 1.